The molecule has 0 aromatic heterocycles. The monoisotopic (exact) mass is 148 g/mol. The van der Waals surface area contributed by atoms with E-state index in [9.17, 15) is 0 Å². The van der Waals surface area contributed by atoms with E-state index in [2.05, 4.69) is 36.5 Å². The summed E-state index contributed by atoms with van der Waals surface area (Å²) in [7, 11) is 0. The molecule has 2 rings (SSSR count). The lowest BCUT2D eigenvalue weighted by molar-refractivity contribution is 0.198. The Morgan fingerprint density at radius 3 is 1.91 bits per heavy atom. The summed E-state index contributed by atoms with van der Waals surface area (Å²) in [5, 5.41) is 9.09. The van der Waals surface area contributed by atoms with Crippen molar-refractivity contribution >= 4 is 0 Å². The van der Waals surface area contributed by atoms with Crippen molar-refractivity contribution in [3.63, 3.8) is 0 Å². The third-order valence-electron chi connectivity index (χ3n) is 2.53. The maximum absolute atomic E-state index is 9.09. The van der Waals surface area contributed by atoms with Gasteiger partial charge in [-0.1, -0.05) is 36.5 Å². The number of rotatable bonds is 1. The molecule has 2 aliphatic rings. The van der Waals surface area contributed by atoms with Gasteiger partial charge in [0.05, 0.1) is 0 Å². The minimum atomic E-state index is 0.289. The van der Waals surface area contributed by atoms with Crippen molar-refractivity contribution in [3.8, 4) is 0 Å². The second kappa shape index (κ2) is 2.67. The van der Waals surface area contributed by atoms with Crippen LogP contribution in [0.2, 0.25) is 0 Å². The Kier molecular flexibility index (Phi) is 1.66. The lowest BCUT2D eigenvalue weighted by atomic mass is 9.90. The van der Waals surface area contributed by atoms with E-state index < -0.39 is 0 Å². The molecule has 2 bridgehead atoms. The van der Waals surface area contributed by atoms with Crippen LogP contribution < -0.4 is 0 Å². The summed E-state index contributed by atoms with van der Waals surface area (Å²) in [6.07, 6.45) is 12.8. The molecule has 2 unspecified atom stereocenters. The van der Waals surface area contributed by atoms with Gasteiger partial charge in [-0.2, -0.15) is 0 Å². The average Bonchev–Trinajstić information content (AvgIpc) is 2.23. The molecule has 0 heterocycles. The van der Waals surface area contributed by atoms with Crippen LogP contribution in [-0.4, -0.2) is 11.7 Å². The molecule has 0 aliphatic heterocycles. The van der Waals surface area contributed by atoms with Gasteiger partial charge in [-0.3, -0.25) is 0 Å². The molecule has 58 valence electrons. The highest BCUT2D eigenvalue weighted by molar-refractivity contribution is 5.24. The molecule has 11 heavy (non-hydrogen) atoms. The fourth-order valence-corrected chi connectivity index (χ4v) is 1.84. The predicted octanol–water partition coefficient (Wildman–Crippen LogP) is 1.52. The van der Waals surface area contributed by atoms with Gasteiger partial charge in [0, 0.05) is 24.4 Å². The Hall–Kier alpha value is -0.820. The van der Waals surface area contributed by atoms with Crippen LogP contribution in [-0.2, 0) is 0 Å². The third kappa shape index (κ3) is 1.05. The van der Waals surface area contributed by atoms with Crippen molar-refractivity contribution in [1.29, 1.82) is 0 Å². The Balaban J connectivity index is 2.28. The van der Waals surface area contributed by atoms with Gasteiger partial charge in [-0.15, -0.1) is 0 Å². The summed E-state index contributed by atoms with van der Waals surface area (Å²) in [6.45, 7) is 0.289. The average molecular weight is 148 g/mol. The highest BCUT2D eigenvalue weighted by Crippen LogP contribution is 2.33. The summed E-state index contributed by atoms with van der Waals surface area (Å²) in [6, 6.07) is 0. The van der Waals surface area contributed by atoms with Crippen LogP contribution >= 0.6 is 0 Å². The van der Waals surface area contributed by atoms with E-state index in [0.29, 0.717) is 17.8 Å². The fraction of sp³-hybridized carbons (Fsp3) is 0.400. The van der Waals surface area contributed by atoms with Crippen molar-refractivity contribution in [2.45, 2.75) is 0 Å². The van der Waals surface area contributed by atoms with Gasteiger partial charge in [0.25, 0.3) is 0 Å². The van der Waals surface area contributed by atoms with Crippen molar-refractivity contribution in [3.05, 3.63) is 36.5 Å². The second-order valence-electron chi connectivity index (χ2n) is 3.16. The van der Waals surface area contributed by atoms with E-state index in [1.807, 2.05) is 0 Å². The van der Waals surface area contributed by atoms with Gasteiger partial charge in [0.15, 0.2) is 0 Å². The fourth-order valence-electron chi connectivity index (χ4n) is 1.84. The maximum atomic E-state index is 9.09. The van der Waals surface area contributed by atoms with Crippen LogP contribution in [0.25, 0.3) is 0 Å². The highest BCUT2D eigenvalue weighted by Gasteiger charge is 2.28. The molecule has 1 heteroatoms. The summed E-state index contributed by atoms with van der Waals surface area (Å²) < 4.78 is 0. The first-order chi connectivity index (χ1) is 5.42. The van der Waals surface area contributed by atoms with Crippen LogP contribution in [0.3, 0.4) is 0 Å². The standard InChI is InChI=1S/C10H12O/c11-7-10-8-3-1-2-4-9(10)6-5-8/h1-6,8-11H,7H2. The molecule has 0 saturated heterocycles. The highest BCUT2D eigenvalue weighted by atomic mass is 16.3. The van der Waals surface area contributed by atoms with Crippen molar-refractivity contribution < 1.29 is 5.11 Å². The molecule has 1 nitrogen and oxygen atoms in total. The zero-order valence-corrected chi connectivity index (χ0v) is 6.35. The van der Waals surface area contributed by atoms with E-state index in [0.717, 1.165) is 0 Å². The number of aliphatic hydroxyl groups excluding tert-OH is 1. The molecular formula is C10H12O. The summed E-state index contributed by atoms with van der Waals surface area (Å²) in [5.74, 6) is 1.31. The van der Waals surface area contributed by atoms with Gasteiger partial charge in [-0.05, 0) is 0 Å². The zero-order chi connectivity index (χ0) is 7.68. The first kappa shape index (κ1) is 6.86. The molecule has 0 aromatic rings. The lowest BCUT2D eigenvalue weighted by Gasteiger charge is -2.16. The molecule has 0 radical (unpaired) electrons. The lowest BCUT2D eigenvalue weighted by Crippen LogP contribution is -2.16. The molecule has 0 amide bonds. The molecule has 2 aliphatic carbocycles. The van der Waals surface area contributed by atoms with Crippen LogP contribution in [0.15, 0.2) is 36.5 Å². The Bertz CT molecular complexity index is 203. The smallest absolute Gasteiger partial charge is 0.0476 e. The molecule has 0 aromatic carbocycles. The number of hydrogen-bond donors (Lipinski definition) is 1. The normalized spacial score (nSPS) is 39.5. The van der Waals surface area contributed by atoms with Crippen molar-refractivity contribution in [1.82, 2.24) is 0 Å². The SMILES string of the molecule is OCC1C2C=CC=CC1C=C2. The van der Waals surface area contributed by atoms with E-state index in [4.69, 9.17) is 5.11 Å². The second-order valence-corrected chi connectivity index (χ2v) is 3.16. The van der Waals surface area contributed by atoms with Gasteiger partial charge < -0.3 is 5.11 Å². The molecule has 1 N–H and O–H groups in total. The maximum Gasteiger partial charge on any atom is 0.0476 e. The topological polar surface area (TPSA) is 20.2 Å². The first-order valence-electron chi connectivity index (χ1n) is 4.06. The van der Waals surface area contributed by atoms with E-state index in [-0.39, 0.29) is 6.61 Å². The molecule has 0 spiro atoms. The van der Waals surface area contributed by atoms with Crippen molar-refractivity contribution in [2.24, 2.45) is 17.8 Å². The molecular weight excluding hydrogens is 136 g/mol. The van der Waals surface area contributed by atoms with Gasteiger partial charge >= 0.3 is 0 Å². The quantitative estimate of drug-likeness (QED) is 0.559. The number of fused-ring (bicyclic) bond motifs is 2. The summed E-state index contributed by atoms with van der Waals surface area (Å²) in [5.41, 5.74) is 0. The van der Waals surface area contributed by atoms with E-state index in [1.54, 1.807) is 0 Å². The predicted molar refractivity (Wildman–Crippen MR) is 45.0 cm³/mol. The minimum Gasteiger partial charge on any atom is -0.396 e. The number of hydrogen-bond acceptors (Lipinski definition) is 1. The largest absolute Gasteiger partial charge is 0.396 e. The van der Waals surface area contributed by atoms with Crippen LogP contribution in [0.5, 0.6) is 0 Å². The van der Waals surface area contributed by atoms with Crippen LogP contribution in [0.1, 0.15) is 0 Å². The summed E-state index contributed by atoms with van der Waals surface area (Å²) >= 11 is 0. The van der Waals surface area contributed by atoms with Crippen LogP contribution in [0.4, 0.5) is 0 Å². The first-order valence-corrected chi connectivity index (χ1v) is 4.06. The zero-order valence-electron chi connectivity index (χ0n) is 6.35. The number of aliphatic hydroxyl groups is 1. The number of allylic oxidation sites excluding steroid dienone is 6. The molecule has 0 saturated carbocycles. The van der Waals surface area contributed by atoms with E-state index in [1.165, 1.54) is 0 Å². The van der Waals surface area contributed by atoms with Gasteiger partial charge in [0.1, 0.15) is 0 Å². The molecule has 0 fully saturated rings. The Labute approximate surface area is 66.7 Å². The minimum absolute atomic E-state index is 0.289. The Morgan fingerprint density at radius 1 is 0.909 bits per heavy atom. The van der Waals surface area contributed by atoms with Crippen LogP contribution in [0, 0.1) is 17.8 Å². The summed E-state index contributed by atoms with van der Waals surface area (Å²) in [4.78, 5) is 0. The Morgan fingerprint density at radius 2 is 1.45 bits per heavy atom. The van der Waals surface area contributed by atoms with Gasteiger partial charge in [0.2, 0.25) is 0 Å². The van der Waals surface area contributed by atoms with Gasteiger partial charge in [-0.25, -0.2) is 0 Å². The van der Waals surface area contributed by atoms with Crippen molar-refractivity contribution in [2.75, 3.05) is 6.61 Å². The third-order valence-corrected chi connectivity index (χ3v) is 2.53. The van der Waals surface area contributed by atoms with E-state index >= 15 is 0 Å². The molecule has 2 atom stereocenters.